The van der Waals surface area contributed by atoms with E-state index >= 15 is 0 Å². The molecule has 2 aliphatic carbocycles. The predicted octanol–water partition coefficient (Wildman–Crippen LogP) is 1.05. The summed E-state index contributed by atoms with van der Waals surface area (Å²) in [6, 6.07) is 0. The Morgan fingerprint density at radius 1 is 1.32 bits per heavy atom. The Bertz CT molecular complexity index is 655. The van der Waals surface area contributed by atoms with E-state index in [1.165, 1.54) is 11.8 Å². The van der Waals surface area contributed by atoms with Crippen molar-refractivity contribution in [3.8, 4) is 0 Å². The first-order valence-electron chi connectivity index (χ1n) is 10.1. The van der Waals surface area contributed by atoms with Gasteiger partial charge in [0.2, 0.25) is 6.29 Å². The van der Waals surface area contributed by atoms with Gasteiger partial charge in [0.25, 0.3) is 0 Å². The fourth-order valence-corrected chi connectivity index (χ4v) is 4.71. The van der Waals surface area contributed by atoms with Crippen LogP contribution < -0.4 is 0 Å². The fourth-order valence-electron chi connectivity index (χ4n) is 4.71. The first-order chi connectivity index (χ1) is 13.2. The summed E-state index contributed by atoms with van der Waals surface area (Å²) in [5, 5.41) is 39.0. The molecule has 0 spiro atoms. The maximum Gasteiger partial charge on any atom is 0.228 e. The zero-order chi connectivity index (χ0) is 20.6. The van der Waals surface area contributed by atoms with Gasteiger partial charge in [-0.3, -0.25) is 4.79 Å². The lowest BCUT2D eigenvalue weighted by atomic mass is 9.58. The summed E-state index contributed by atoms with van der Waals surface area (Å²) in [7, 11) is 0. The van der Waals surface area contributed by atoms with Crippen molar-refractivity contribution < 1.29 is 34.7 Å². The van der Waals surface area contributed by atoms with Crippen molar-refractivity contribution in [1.29, 1.82) is 0 Å². The maximum atomic E-state index is 12.7. The van der Waals surface area contributed by atoms with Gasteiger partial charge in [-0.1, -0.05) is 19.4 Å². The van der Waals surface area contributed by atoms with Crippen molar-refractivity contribution in [3.63, 3.8) is 0 Å². The van der Waals surface area contributed by atoms with Crippen molar-refractivity contribution in [1.82, 2.24) is 0 Å². The van der Waals surface area contributed by atoms with E-state index in [1.54, 1.807) is 6.08 Å². The highest BCUT2D eigenvalue weighted by Gasteiger charge is 2.46. The van der Waals surface area contributed by atoms with Crippen molar-refractivity contribution in [2.75, 3.05) is 6.61 Å². The van der Waals surface area contributed by atoms with Gasteiger partial charge < -0.3 is 29.9 Å². The Balaban J connectivity index is 1.73. The molecule has 0 aromatic heterocycles. The summed E-state index contributed by atoms with van der Waals surface area (Å²) in [4.78, 5) is 12.7. The molecule has 1 saturated carbocycles. The summed E-state index contributed by atoms with van der Waals surface area (Å²) in [6.45, 7) is 5.76. The van der Waals surface area contributed by atoms with Crippen molar-refractivity contribution in [2.45, 2.75) is 77.2 Å². The van der Waals surface area contributed by atoms with Crippen LogP contribution in [0.5, 0.6) is 0 Å². The van der Waals surface area contributed by atoms with E-state index in [0.29, 0.717) is 5.92 Å². The Kier molecular flexibility index (Phi) is 6.32. The van der Waals surface area contributed by atoms with Gasteiger partial charge in [0.1, 0.15) is 24.4 Å². The molecule has 28 heavy (non-hydrogen) atoms. The minimum absolute atomic E-state index is 0.00489. The highest BCUT2D eigenvalue weighted by Crippen LogP contribution is 2.52. The van der Waals surface area contributed by atoms with Crippen LogP contribution in [-0.4, -0.2) is 63.5 Å². The van der Waals surface area contributed by atoms with Crippen molar-refractivity contribution in [3.05, 3.63) is 23.5 Å². The molecule has 8 unspecified atom stereocenters. The smallest absolute Gasteiger partial charge is 0.228 e. The van der Waals surface area contributed by atoms with Crippen LogP contribution >= 0.6 is 0 Å². The molecule has 1 heterocycles. The van der Waals surface area contributed by atoms with Crippen LogP contribution in [0.1, 0.15) is 46.5 Å². The Morgan fingerprint density at radius 2 is 2.04 bits per heavy atom. The van der Waals surface area contributed by atoms with Crippen molar-refractivity contribution >= 4 is 5.78 Å². The number of aliphatic hydroxyl groups is 4. The third-order valence-electron chi connectivity index (χ3n) is 6.98. The molecule has 7 heteroatoms. The zero-order valence-corrected chi connectivity index (χ0v) is 16.7. The number of allylic oxidation sites excluding steroid dienone is 3. The average Bonchev–Trinajstić information content (AvgIpc) is 2.67. The van der Waals surface area contributed by atoms with Gasteiger partial charge in [-0.25, -0.2) is 0 Å². The number of carbonyl (C=O) groups excluding carboxylic acids is 1. The van der Waals surface area contributed by atoms with E-state index < -0.39 is 37.3 Å². The molecule has 158 valence electrons. The number of aliphatic hydroxyl groups excluding tert-OH is 4. The quantitative estimate of drug-likeness (QED) is 0.525. The standard InChI is InChI=1S/C21H32O7/c1-11(10-27-20-19(26)18(25)17(24)16(9-22)28-20)14-8-21(3)12(2)5-4-6-13(21)7-15(14)23/h7,10,12,14,16-20,22,24-26H,4-6,8-9H2,1-3H3. The van der Waals surface area contributed by atoms with Gasteiger partial charge >= 0.3 is 0 Å². The minimum Gasteiger partial charge on any atom is -0.470 e. The molecule has 0 aromatic rings. The molecule has 1 aliphatic heterocycles. The van der Waals surface area contributed by atoms with Gasteiger partial charge in [-0.05, 0) is 55.6 Å². The number of hydrogen-bond donors (Lipinski definition) is 4. The predicted molar refractivity (Wildman–Crippen MR) is 101 cm³/mol. The third-order valence-corrected chi connectivity index (χ3v) is 6.98. The van der Waals surface area contributed by atoms with E-state index in [2.05, 4.69) is 13.8 Å². The second-order valence-corrected chi connectivity index (χ2v) is 8.73. The van der Waals surface area contributed by atoms with Crippen LogP contribution in [0.4, 0.5) is 0 Å². The molecular weight excluding hydrogens is 364 g/mol. The number of hydrogen-bond acceptors (Lipinski definition) is 7. The monoisotopic (exact) mass is 396 g/mol. The largest absolute Gasteiger partial charge is 0.470 e. The normalized spacial score (nSPS) is 44.7. The first-order valence-corrected chi connectivity index (χ1v) is 10.1. The van der Waals surface area contributed by atoms with Crippen LogP contribution in [0.2, 0.25) is 0 Å². The van der Waals surface area contributed by atoms with Crippen LogP contribution in [0.25, 0.3) is 0 Å². The van der Waals surface area contributed by atoms with Crippen LogP contribution in [0.3, 0.4) is 0 Å². The average molecular weight is 396 g/mol. The number of rotatable bonds is 4. The maximum absolute atomic E-state index is 12.7. The van der Waals surface area contributed by atoms with Crippen molar-refractivity contribution in [2.24, 2.45) is 17.3 Å². The second kappa shape index (κ2) is 8.24. The van der Waals surface area contributed by atoms with E-state index in [4.69, 9.17) is 9.47 Å². The SMILES string of the molecule is CC(=COC1OC(CO)C(O)C(O)C1O)C1CC2(C)C(=CC1=O)CCCC2C. The number of carbonyl (C=O) groups is 1. The summed E-state index contributed by atoms with van der Waals surface area (Å²) < 4.78 is 10.9. The molecular formula is C21H32O7. The molecule has 3 rings (SSSR count). The summed E-state index contributed by atoms with van der Waals surface area (Å²) in [6.07, 6.45) is 0.512. The van der Waals surface area contributed by atoms with Crippen LogP contribution in [-0.2, 0) is 14.3 Å². The minimum atomic E-state index is -1.49. The Hall–Kier alpha value is -1.25. The molecule has 4 N–H and O–H groups in total. The molecule has 0 amide bonds. The second-order valence-electron chi connectivity index (χ2n) is 8.73. The summed E-state index contributed by atoms with van der Waals surface area (Å²) >= 11 is 0. The lowest BCUT2D eigenvalue weighted by molar-refractivity contribution is -0.288. The van der Waals surface area contributed by atoms with E-state index in [0.717, 1.165) is 31.3 Å². The summed E-state index contributed by atoms with van der Waals surface area (Å²) in [5.74, 6) is 0.258. The molecule has 3 aliphatic rings. The fraction of sp³-hybridized carbons (Fsp3) is 0.762. The first kappa shape index (κ1) is 21.5. The molecule has 7 nitrogen and oxygen atoms in total. The van der Waals surface area contributed by atoms with E-state index in [1.807, 2.05) is 6.92 Å². The Labute approximate surface area is 165 Å². The molecule has 1 saturated heterocycles. The lowest BCUT2D eigenvalue weighted by Gasteiger charge is -2.46. The van der Waals surface area contributed by atoms with Gasteiger partial charge in [0.05, 0.1) is 12.9 Å². The molecule has 0 bridgehead atoms. The van der Waals surface area contributed by atoms with Gasteiger partial charge in [-0.15, -0.1) is 0 Å². The van der Waals surface area contributed by atoms with Gasteiger partial charge in [0.15, 0.2) is 5.78 Å². The molecule has 0 aromatic carbocycles. The third kappa shape index (κ3) is 3.78. The highest BCUT2D eigenvalue weighted by atomic mass is 16.7. The number of fused-ring (bicyclic) bond motifs is 1. The zero-order valence-electron chi connectivity index (χ0n) is 16.7. The van der Waals surface area contributed by atoms with E-state index in [9.17, 15) is 25.2 Å². The van der Waals surface area contributed by atoms with Gasteiger partial charge in [-0.2, -0.15) is 0 Å². The van der Waals surface area contributed by atoms with Crippen LogP contribution in [0, 0.1) is 17.3 Å². The highest BCUT2D eigenvalue weighted by molar-refractivity contribution is 5.95. The molecule has 0 radical (unpaired) electrons. The lowest BCUT2D eigenvalue weighted by Crippen LogP contribution is -2.58. The molecule has 8 atom stereocenters. The van der Waals surface area contributed by atoms with Gasteiger partial charge in [0, 0.05) is 5.92 Å². The topological polar surface area (TPSA) is 116 Å². The van der Waals surface area contributed by atoms with Crippen LogP contribution in [0.15, 0.2) is 23.5 Å². The van der Waals surface area contributed by atoms with E-state index in [-0.39, 0.29) is 17.1 Å². The molecule has 2 fully saturated rings. The number of ketones is 1. The Morgan fingerprint density at radius 3 is 2.71 bits per heavy atom. The summed E-state index contributed by atoms with van der Waals surface area (Å²) in [5.41, 5.74) is 1.96. The number of ether oxygens (including phenoxy) is 2.